The van der Waals surface area contributed by atoms with E-state index in [9.17, 15) is 4.79 Å². The third-order valence-corrected chi connectivity index (χ3v) is 5.56. The fraction of sp³-hybridized carbons (Fsp3) is 0.941. The Hall–Kier alpha value is -0.0700. The summed E-state index contributed by atoms with van der Waals surface area (Å²) in [6.45, 7) is 4.83. The minimum absolute atomic E-state index is 0. The van der Waals surface area contributed by atoms with Crippen LogP contribution in [0, 0.1) is 0 Å². The van der Waals surface area contributed by atoms with E-state index >= 15 is 0 Å². The topological polar surface area (TPSA) is 42.0 Å². The number of hydrogen-bond acceptors (Lipinski definition) is 5. The van der Waals surface area contributed by atoms with E-state index in [0.717, 1.165) is 58.5 Å². The van der Waals surface area contributed by atoms with Crippen LogP contribution in [0.15, 0.2) is 0 Å². The molecular weight excluding hydrogens is 351 g/mol. The monoisotopic (exact) mass is 382 g/mol. The summed E-state index contributed by atoms with van der Waals surface area (Å²) in [6.07, 6.45) is 7.37. The number of hydrogen-bond donors (Lipinski definition) is 0. The SMILES string of the molecule is CN1C2CCC1CC(OC(=O)CCCCN1CCOCC1)C2.Cl.Cl. The van der Waals surface area contributed by atoms with Crippen molar-refractivity contribution in [1.82, 2.24) is 9.80 Å². The second-order valence-electron chi connectivity index (χ2n) is 7.04. The summed E-state index contributed by atoms with van der Waals surface area (Å²) in [6, 6.07) is 1.27. The van der Waals surface area contributed by atoms with E-state index in [1.54, 1.807) is 0 Å². The van der Waals surface area contributed by atoms with Gasteiger partial charge < -0.3 is 14.4 Å². The van der Waals surface area contributed by atoms with Crippen LogP contribution in [-0.2, 0) is 14.3 Å². The molecule has 0 aromatic heterocycles. The van der Waals surface area contributed by atoms with Crippen molar-refractivity contribution >= 4 is 30.8 Å². The Labute approximate surface area is 158 Å². The molecule has 0 radical (unpaired) electrons. The molecule has 24 heavy (non-hydrogen) atoms. The molecule has 3 rings (SSSR count). The molecule has 0 saturated carbocycles. The summed E-state index contributed by atoms with van der Waals surface area (Å²) in [7, 11) is 2.21. The van der Waals surface area contributed by atoms with Crippen LogP contribution in [0.3, 0.4) is 0 Å². The van der Waals surface area contributed by atoms with Crippen molar-refractivity contribution in [1.29, 1.82) is 0 Å². The molecule has 0 spiro atoms. The van der Waals surface area contributed by atoms with E-state index in [0.29, 0.717) is 18.5 Å². The van der Waals surface area contributed by atoms with Crippen molar-refractivity contribution in [2.75, 3.05) is 39.9 Å². The number of esters is 1. The Balaban J connectivity index is 0.00000144. The largest absolute Gasteiger partial charge is 0.462 e. The van der Waals surface area contributed by atoms with Crippen molar-refractivity contribution in [2.45, 2.75) is 63.1 Å². The molecule has 7 heteroatoms. The zero-order valence-corrected chi connectivity index (χ0v) is 16.3. The lowest BCUT2D eigenvalue weighted by molar-refractivity contribution is -0.152. The van der Waals surface area contributed by atoms with Gasteiger partial charge >= 0.3 is 5.97 Å². The number of rotatable bonds is 6. The molecule has 142 valence electrons. The van der Waals surface area contributed by atoms with Crippen LogP contribution < -0.4 is 0 Å². The van der Waals surface area contributed by atoms with Gasteiger partial charge in [0.25, 0.3) is 0 Å². The molecule has 0 amide bonds. The number of halogens is 2. The van der Waals surface area contributed by atoms with Gasteiger partial charge in [-0.3, -0.25) is 9.69 Å². The van der Waals surface area contributed by atoms with Crippen molar-refractivity contribution in [3.8, 4) is 0 Å². The predicted molar refractivity (Wildman–Crippen MR) is 99.3 cm³/mol. The smallest absolute Gasteiger partial charge is 0.306 e. The number of ether oxygens (including phenoxy) is 2. The molecule has 0 N–H and O–H groups in total. The molecule has 0 aliphatic carbocycles. The normalized spacial score (nSPS) is 30.3. The first-order chi connectivity index (χ1) is 10.7. The third-order valence-electron chi connectivity index (χ3n) is 5.56. The molecule has 3 aliphatic heterocycles. The Morgan fingerprint density at radius 3 is 2.33 bits per heavy atom. The maximum atomic E-state index is 12.0. The first-order valence-corrected chi connectivity index (χ1v) is 8.94. The highest BCUT2D eigenvalue weighted by atomic mass is 35.5. The van der Waals surface area contributed by atoms with Crippen LogP contribution >= 0.6 is 24.8 Å². The average Bonchev–Trinajstić information content (AvgIpc) is 2.75. The number of nitrogens with zero attached hydrogens (tertiary/aromatic N) is 2. The number of fused-ring (bicyclic) bond motifs is 2. The molecule has 3 aliphatic rings. The van der Waals surface area contributed by atoms with Gasteiger partial charge in [-0.2, -0.15) is 0 Å². The van der Waals surface area contributed by atoms with Crippen molar-refractivity contribution in [3.63, 3.8) is 0 Å². The maximum absolute atomic E-state index is 12.0. The van der Waals surface area contributed by atoms with Gasteiger partial charge in [0, 0.05) is 31.6 Å². The predicted octanol–water partition coefficient (Wildman–Crippen LogP) is 2.50. The zero-order valence-electron chi connectivity index (χ0n) is 14.7. The molecule has 0 aromatic rings. The minimum atomic E-state index is 0. The van der Waals surface area contributed by atoms with E-state index in [-0.39, 0.29) is 36.9 Å². The molecular formula is C17H32Cl2N2O3. The molecule has 3 heterocycles. The van der Waals surface area contributed by atoms with E-state index in [1.165, 1.54) is 12.8 Å². The van der Waals surface area contributed by atoms with Gasteiger partial charge in [0.1, 0.15) is 6.10 Å². The van der Waals surface area contributed by atoms with Crippen LogP contribution in [-0.4, -0.2) is 73.9 Å². The fourth-order valence-electron chi connectivity index (χ4n) is 4.13. The molecule has 2 bridgehead atoms. The summed E-state index contributed by atoms with van der Waals surface area (Å²) < 4.78 is 11.1. The highest BCUT2D eigenvalue weighted by Crippen LogP contribution is 2.35. The lowest BCUT2D eigenvalue weighted by Gasteiger charge is -2.35. The van der Waals surface area contributed by atoms with E-state index in [2.05, 4.69) is 16.8 Å². The first-order valence-electron chi connectivity index (χ1n) is 8.94. The number of unbranched alkanes of at least 4 members (excludes halogenated alkanes) is 1. The molecule has 5 nitrogen and oxygen atoms in total. The standard InChI is InChI=1S/C17H30N2O3.2ClH/c1-18-14-5-6-15(18)13-16(12-14)22-17(20)4-2-3-7-19-8-10-21-11-9-19;;/h14-16H,2-13H2,1H3;2*1H. The van der Waals surface area contributed by atoms with E-state index in [1.807, 2.05) is 0 Å². The van der Waals surface area contributed by atoms with Gasteiger partial charge in [-0.15, -0.1) is 24.8 Å². The summed E-state index contributed by atoms with van der Waals surface area (Å²) in [4.78, 5) is 16.9. The molecule has 3 saturated heterocycles. The van der Waals surface area contributed by atoms with Crippen LogP contribution in [0.4, 0.5) is 0 Å². The summed E-state index contributed by atoms with van der Waals surface area (Å²) >= 11 is 0. The fourth-order valence-corrected chi connectivity index (χ4v) is 4.13. The summed E-state index contributed by atoms with van der Waals surface area (Å²) in [5.74, 6) is 0.0101. The Morgan fingerprint density at radius 2 is 1.71 bits per heavy atom. The minimum Gasteiger partial charge on any atom is -0.462 e. The average molecular weight is 383 g/mol. The van der Waals surface area contributed by atoms with Crippen LogP contribution in [0.5, 0.6) is 0 Å². The van der Waals surface area contributed by atoms with Gasteiger partial charge in [0.05, 0.1) is 13.2 Å². The summed E-state index contributed by atoms with van der Waals surface area (Å²) in [5.41, 5.74) is 0. The van der Waals surface area contributed by atoms with Crippen molar-refractivity contribution in [2.24, 2.45) is 0 Å². The second-order valence-corrected chi connectivity index (χ2v) is 7.04. The second kappa shape index (κ2) is 10.8. The lowest BCUT2D eigenvalue weighted by Crippen LogP contribution is -2.43. The maximum Gasteiger partial charge on any atom is 0.306 e. The Kier molecular flexibility index (Phi) is 9.90. The van der Waals surface area contributed by atoms with Crippen molar-refractivity contribution < 1.29 is 14.3 Å². The molecule has 2 atom stereocenters. The number of carbonyl (C=O) groups is 1. The number of morpholine rings is 1. The number of piperidine rings is 1. The Morgan fingerprint density at radius 1 is 1.08 bits per heavy atom. The van der Waals surface area contributed by atoms with Gasteiger partial charge in [-0.05, 0) is 52.1 Å². The molecule has 0 aromatic carbocycles. The quantitative estimate of drug-likeness (QED) is 0.521. The van der Waals surface area contributed by atoms with Gasteiger partial charge in [-0.25, -0.2) is 0 Å². The lowest BCUT2D eigenvalue weighted by atomic mass is 10.0. The van der Waals surface area contributed by atoms with Crippen LogP contribution in [0.2, 0.25) is 0 Å². The highest BCUT2D eigenvalue weighted by Gasteiger charge is 2.39. The zero-order chi connectivity index (χ0) is 15.4. The van der Waals surface area contributed by atoms with Crippen LogP contribution in [0.25, 0.3) is 0 Å². The highest BCUT2D eigenvalue weighted by molar-refractivity contribution is 5.85. The van der Waals surface area contributed by atoms with Gasteiger partial charge in [0.2, 0.25) is 0 Å². The van der Waals surface area contributed by atoms with Gasteiger partial charge in [-0.1, -0.05) is 0 Å². The third kappa shape index (κ3) is 6.03. The van der Waals surface area contributed by atoms with Gasteiger partial charge in [0.15, 0.2) is 0 Å². The molecule has 3 fully saturated rings. The summed E-state index contributed by atoms with van der Waals surface area (Å²) in [5, 5.41) is 0. The number of carbonyl (C=O) groups excluding carboxylic acids is 1. The van der Waals surface area contributed by atoms with Crippen molar-refractivity contribution in [3.05, 3.63) is 0 Å². The van der Waals surface area contributed by atoms with E-state index in [4.69, 9.17) is 9.47 Å². The van der Waals surface area contributed by atoms with Crippen LogP contribution in [0.1, 0.15) is 44.9 Å². The Bertz CT molecular complexity index is 367. The van der Waals surface area contributed by atoms with E-state index < -0.39 is 0 Å². The molecule has 2 unspecified atom stereocenters. The first kappa shape index (κ1) is 22.0.